The summed E-state index contributed by atoms with van der Waals surface area (Å²) in [7, 11) is 0. The zero-order valence-corrected chi connectivity index (χ0v) is 10.4. The molecule has 0 aromatic rings. The number of aliphatic hydroxyl groups excluding tert-OH is 1. The van der Waals surface area contributed by atoms with E-state index >= 15 is 0 Å². The van der Waals surface area contributed by atoms with Gasteiger partial charge in [-0.15, -0.1) is 0 Å². The van der Waals surface area contributed by atoms with Crippen LogP contribution in [0.15, 0.2) is 0 Å². The molecule has 0 aromatic heterocycles. The summed E-state index contributed by atoms with van der Waals surface area (Å²) in [5, 5.41) is 19.9. The van der Waals surface area contributed by atoms with Gasteiger partial charge < -0.3 is 10.2 Å². The zero-order valence-electron chi connectivity index (χ0n) is 10.4. The highest BCUT2D eigenvalue weighted by atomic mass is 16.3. The minimum atomic E-state index is -0.476. The third kappa shape index (κ3) is 2.58. The Morgan fingerprint density at radius 1 is 1.25 bits per heavy atom. The summed E-state index contributed by atoms with van der Waals surface area (Å²) < 4.78 is 0. The molecule has 1 aliphatic heterocycles. The summed E-state index contributed by atoms with van der Waals surface area (Å²) >= 11 is 0. The average molecular weight is 227 g/mol. The first-order valence-electron chi connectivity index (χ1n) is 6.72. The molecule has 0 amide bonds. The van der Waals surface area contributed by atoms with Gasteiger partial charge in [-0.3, -0.25) is 4.90 Å². The molecule has 2 rings (SSSR count). The van der Waals surface area contributed by atoms with Crippen LogP contribution in [0.25, 0.3) is 0 Å². The summed E-state index contributed by atoms with van der Waals surface area (Å²) in [4.78, 5) is 2.30. The predicted molar refractivity (Wildman–Crippen MR) is 64.3 cm³/mol. The van der Waals surface area contributed by atoms with E-state index in [1.807, 2.05) is 0 Å². The molecule has 3 heteroatoms. The molecular weight excluding hydrogens is 202 g/mol. The molecule has 2 atom stereocenters. The SMILES string of the molecule is CC1CCN(CC2(O)CCCCC2)C1CO. The topological polar surface area (TPSA) is 43.7 Å². The van der Waals surface area contributed by atoms with Crippen LogP contribution in [0.2, 0.25) is 0 Å². The van der Waals surface area contributed by atoms with E-state index < -0.39 is 5.60 Å². The van der Waals surface area contributed by atoms with Gasteiger partial charge in [-0.25, -0.2) is 0 Å². The number of β-amino-alcohol motifs (C(OH)–C–C–N with tert-alkyl or cyclic N) is 1. The predicted octanol–water partition coefficient (Wildman–Crippen LogP) is 1.38. The molecule has 1 saturated heterocycles. The Kier molecular flexibility index (Phi) is 3.88. The van der Waals surface area contributed by atoms with Gasteiger partial charge in [0.15, 0.2) is 0 Å². The molecule has 0 spiro atoms. The van der Waals surface area contributed by atoms with Crippen molar-refractivity contribution in [2.75, 3.05) is 19.7 Å². The van der Waals surface area contributed by atoms with Crippen LogP contribution in [-0.2, 0) is 0 Å². The summed E-state index contributed by atoms with van der Waals surface area (Å²) in [6.45, 7) is 4.24. The van der Waals surface area contributed by atoms with Gasteiger partial charge in [0, 0.05) is 12.6 Å². The monoisotopic (exact) mass is 227 g/mol. The summed E-state index contributed by atoms with van der Waals surface area (Å²) in [5.74, 6) is 0.567. The Balaban J connectivity index is 1.93. The first kappa shape index (κ1) is 12.3. The first-order chi connectivity index (χ1) is 7.64. The lowest BCUT2D eigenvalue weighted by Gasteiger charge is -2.37. The van der Waals surface area contributed by atoms with E-state index in [9.17, 15) is 10.2 Å². The zero-order chi connectivity index (χ0) is 11.6. The second-order valence-electron chi connectivity index (χ2n) is 5.77. The van der Waals surface area contributed by atoms with E-state index in [2.05, 4.69) is 11.8 Å². The molecular formula is C13H25NO2. The van der Waals surface area contributed by atoms with Crippen LogP contribution in [0.3, 0.4) is 0 Å². The third-order valence-corrected chi connectivity index (χ3v) is 4.47. The lowest BCUT2D eigenvalue weighted by Crippen LogP contribution is -2.47. The fourth-order valence-corrected chi connectivity index (χ4v) is 3.33. The first-order valence-corrected chi connectivity index (χ1v) is 6.72. The maximum absolute atomic E-state index is 10.5. The Bertz CT molecular complexity index is 226. The van der Waals surface area contributed by atoms with Crippen molar-refractivity contribution in [2.45, 2.75) is 57.1 Å². The molecule has 0 radical (unpaired) electrons. The molecule has 0 aromatic carbocycles. The normalized spacial score (nSPS) is 35.4. The van der Waals surface area contributed by atoms with Gasteiger partial charge in [-0.1, -0.05) is 26.2 Å². The van der Waals surface area contributed by atoms with Crippen molar-refractivity contribution >= 4 is 0 Å². The van der Waals surface area contributed by atoms with Crippen LogP contribution in [0.1, 0.15) is 45.4 Å². The van der Waals surface area contributed by atoms with Crippen molar-refractivity contribution in [2.24, 2.45) is 5.92 Å². The van der Waals surface area contributed by atoms with Crippen molar-refractivity contribution in [1.29, 1.82) is 0 Å². The van der Waals surface area contributed by atoms with Gasteiger partial charge in [0.1, 0.15) is 0 Å². The second kappa shape index (κ2) is 5.03. The quantitative estimate of drug-likeness (QED) is 0.765. The van der Waals surface area contributed by atoms with Crippen molar-refractivity contribution in [1.82, 2.24) is 4.90 Å². The molecule has 2 unspecified atom stereocenters. The lowest BCUT2D eigenvalue weighted by atomic mass is 9.84. The van der Waals surface area contributed by atoms with E-state index in [0.29, 0.717) is 5.92 Å². The van der Waals surface area contributed by atoms with Crippen molar-refractivity contribution in [3.8, 4) is 0 Å². The standard InChI is InChI=1S/C13H25NO2/c1-11-5-8-14(12(11)9-15)10-13(16)6-3-2-4-7-13/h11-12,15-16H,2-10H2,1H3. The van der Waals surface area contributed by atoms with Gasteiger partial charge in [0.05, 0.1) is 12.2 Å². The summed E-state index contributed by atoms with van der Waals surface area (Å²) in [5.41, 5.74) is -0.476. The van der Waals surface area contributed by atoms with E-state index in [1.165, 1.54) is 6.42 Å². The van der Waals surface area contributed by atoms with Crippen LogP contribution in [0.5, 0.6) is 0 Å². The van der Waals surface area contributed by atoms with Gasteiger partial charge >= 0.3 is 0 Å². The molecule has 2 N–H and O–H groups in total. The lowest BCUT2D eigenvalue weighted by molar-refractivity contribution is -0.0351. The molecule has 0 bridgehead atoms. The number of hydrogen-bond acceptors (Lipinski definition) is 3. The van der Waals surface area contributed by atoms with Crippen LogP contribution in [0, 0.1) is 5.92 Å². The molecule has 1 aliphatic carbocycles. The molecule has 16 heavy (non-hydrogen) atoms. The van der Waals surface area contributed by atoms with E-state index in [1.54, 1.807) is 0 Å². The van der Waals surface area contributed by atoms with Crippen molar-refractivity contribution in [3.05, 3.63) is 0 Å². The number of nitrogens with zero attached hydrogens (tertiary/aromatic N) is 1. The molecule has 1 heterocycles. The summed E-state index contributed by atoms with van der Waals surface area (Å²) in [6, 6.07) is 0.269. The number of aliphatic hydroxyl groups is 2. The molecule has 2 fully saturated rings. The van der Waals surface area contributed by atoms with E-state index in [4.69, 9.17) is 0 Å². The van der Waals surface area contributed by atoms with Crippen molar-refractivity contribution in [3.63, 3.8) is 0 Å². The molecule has 1 saturated carbocycles. The minimum absolute atomic E-state index is 0.233. The Hall–Kier alpha value is -0.120. The fourth-order valence-electron chi connectivity index (χ4n) is 3.33. The highest BCUT2D eigenvalue weighted by Gasteiger charge is 2.37. The average Bonchev–Trinajstić information content (AvgIpc) is 2.59. The van der Waals surface area contributed by atoms with Crippen LogP contribution < -0.4 is 0 Å². The number of rotatable bonds is 3. The van der Waals surface area contributed by atoms with Crippen LogP contribution >= 0.6 is 0 Å². The fraction of sp³-hybridized carbons (Fsp3) is 1.00. The van der Waals surface area contributed by atoms with Crippen molar-refractivity contribution < 1.29 is 10.2 Å². The maximum Gasteiger partial charge on any atom is 0.0774 e. The summed E-state index contributed by atoms with van der Waals surface area (Å²) in [6.07, 6.45) is 6.61. The van der Waals surface area contributed by atoms with Gasteiger partial charge in [0.2, 0.25) is 0 Å². The van der Waals surface area contributed by atoms with Gasteiger partial charge in [-0.2, -0.15) is 0 Å². The maximum atomic E-state index is 10.5. The highest BCUT2D eigenvalue weighted by molar-refractivity contribution is 4.91. The smallest absolute Gasteiger partial charge is 0.0774 e. The molecule has 94 valence electrons. The van der Waals surface area contributed by atoms with Crippen LogP contribution in [0.4, 0.5) is 0 Å². The Labute approximate surface area is 98.5 Å². The number of likely N-dealkylation sites (tertiary alicyclic amines) is 1. The molecule has 3 nitrogen and oxygen atoms in total. The second-order valence-corrected chi connectivity index (χ2v) is 5.77. The van der Waals surface area contributed by atoms with E-state index in [-0.39, 0.29) is 12.6 Å². The van der Waals surface area contributed by atoms with Gasteiger partial charge in [0.25, 0.3) is 0 Å². The van der Waals surface area contributed by atoms with E-state index in [0.717, 1.165) is 45.2 Å². The highest BCUT2D eigenvalue weighted by Crippen LogP contribution is 2.32. The Morgan fingerprint density at radius 3 is 2.56 bits per heavy atom. The van der Waals surface area contributed by atoms with Gasteiger partial charge in [-0.05, 0) is 31.7 Å². The molecule has 2 aliphatic rings. The third-order valence-electron chi connectivity index (χ3n) is 4.47. The Morgan fingerprint density at radius 2 is 1.94 bits per heavy atom. The minimum Gasteiger partial charge on any atom is -0.395 e. The van der Waals surface area contributed by atoms with Crippen LogP contribution in [-0.4, -0.2) is 46.5 Å². The largest absolute Gasteiger partial charge is 0.395 e. The number of hydrogen-bond donors (Lipinski definition) is 2.